The van der Waals surface area contributed by atoms with Crippen LogP contribution in [0.5, 0.6) is 0 Å². The Morgan fingerprint density at radius 2 is 1.88 bits per heavy atom. The van der Waals surface area contributed by atoms with E-state index in [0.29, 0.717) is 24.6 Å². The molecule has 0 unspecified atom stereocenters. The molecular formula is C23H32IN5O3. The number of hydrogen-bond donors (Lipinski definition) is 3. The summed E-state index contributed by atoms with van der Waals surface area (Å²) < 4.78 is 5.11. The molecule has 0 atom stereocenters. The van der Waals surface area contributed by atoms with Crippen LogP contribution in [0.4, 0.5) is 5.69 Å². The summed E-state index contributed by atoms with van der Waals surface area (Å²) in [6.45, 7) is 5.20. The molecule has 0 bridgehead atoms. The summed E-state index contributed by atoms with van der Waals surface area (Å²) in [6.07, 6.45) is 4.05. The number of halogens is 1. The Labute approximate surface area is 206 Å². The van der Waals surface area contributed by atoms with Crippen LogP contribution in [0.3, 0.4) is 0 Å². The number of furan rings is 1. The van der Waals surface area contributed by atoms with Crippen molar-refractivity contribution in [1.82, 2.24) is 15.5 Å². The Kier molecular flexibility index (Phi) is 10.5. The number of nitrogens with one attached hydrogen (secondary N) is 3. The van der Waals surface area contributed by atoms with E-state index in [1.165, 1.54) is 6.26 Å². The second kappa shape index (κ2) is 13.1. The van der Waals surface area contributed by atoms with E-state index in [4.69, 9.17) is 9.41 Å². The lowest BCUT2D eigenvalue weighted by Gasteiger charge is -2.34. The van der Waals surface area contributed by atoms with Crippen molar-refractivity contribution in [1.29, 1.82) is 0 Å². The molecule has 1 fully saturated rings. The van der Waals surface area contributed by atoms with Gasteiger partial charge in [-0.2, -0.15) is 0 Å². The number of guanidine groups is 1. The van der Waals surface area contributed by atoms with E-state index >= 15 is 0 Å². The van der Waals surface area contributed by atoms with Crippen molar-refractivity contribution >= 4 is 47.4 Å². The highest BCUT2D eigenvalue weighted by Crippen LogP contribution is 2.20. The summed E-state index contributed by atoms with van der Waals surface area (Å²) in [5, 5.41) is 8.89. The van der Waals surface area contributed by atoms with Crippen LogP contribution in [0.2, 0.25) is 0 Å². The molecule has 2 heterocycles. The van der Waals surface area contributed by atoms with E-state index in [2.05, 4.69) is 27.8 Å². The van der Waals surface area contributed by atoms with Gasteiger partial charge >= 0.3 is 0 Å². The lowest BCUT2D eigenvalue weighted by molar-refractivity contribution is -0.121. The fraction of sp³-hybridized carbons (Fsp3) is 0.435. The number of amides is 2. The number of nitrogens with zero attached hydrogens (tertiary/aromatic N) is 2. The number of rotatable bonds is 7. The Hall–Kier alpha value is -2.56. The number of carbonyl (C=O) groups is 2. The summed E-state index contributed by atoms with van der Waals surface area (Å²) in [6, 6.07) is 11.0. The number of likely N-dealkylation sites (tertiary alicyclic amines) is 1. The molecule has 1 aromatic carbocycles. The molecule has 174 valence electrons. The third-order valence-corrected chi connectivity index (χ3v) is 5.37. The minimum atomic E-state index is -0.273. The minimum absolute atomic E-state index is 0. The van der Waals surface area contributed by atoms with Gasteiger partial charge in [-0.05, 0) is 55.5 Å². The van der Waals surface area contributed by atoms with Gasteiger partial charge in [0.05, 0.1) is 12.8 Å². The van der Waals surface area contributed by atoms with Gasteiger partial charge in [0.25, 0.3) is 5.91 Å². The monoisotopic (exact) mass is 553 g/mol. The summed E-state index contributed by atoms with van der Waals surface area (Å²) >= 11 is 0. The number of carbonyl (C=O) groups excluding carboxylic acids is 2. The van der Waals surface area contributed by atoms with Crippen molar-refractivity contribution in [3.8, 4) is 0 Å². The standard InChI is InChI=1S/C23H31N5O3.HI/c1-3-25-23(28-12-10-17(11-13-28)15-21(29)24-2)26-16-18-6-8-19(9-7-18)27-22(30)20-5-4-14-31-20;/h4-9,14,17H,3,10-13,15-16H2,1-2H3,(H,24,29)(H,25,26)(H,27,30);1H. The van der Waals surface area contributed by atoms with Gasteiger partial charge in [-0.1, -0.05) is 12.1 Å². The first-order valence-corrected chi connectivity index (χ1v) is 10.8. The zero-order chi connectivity index (χ0) is 22.1. The van der Waals surface area contributed by atoms with Gasteiger partial charge in [0.1, 0.15) is 0 Å². The quantitative estimate of drug-likeness (QED) is 0.277. The highest BCUT2D eigenvalue weighted by Gasteiger charge is 2.23. The third-order valence-electron chi connectivity index (χ3n) is 5.37. The maximum atomic E-state index is 12.1. The fourth-order valence-corrected chi connectivity index (χ4v) is 3.60. The van der Waals surface area contributed by atoms with Gasteiger partial charge in [0.2, 0.25) is 5.91 Å². The first kappa shape index (κ1) is 25.7. The number of anilines is 1. The van der Waals surface area contributed by atoms with Gasteiger partial charge in [-0.25, -0.2) is 4.99 Å². The lowest BCUT2D eigenvalue weighted by atomic mass is 9.93. The molecule has 9 heteroatoms. The minimum Gasteiger partial charge on any atom is -0.459 e. The van der Waals surface area contributed by atoms with E-state index in [0.717, 1.165) is 44.0 Å². The van der Waals surface area contributed by atoms with Crippen molar-refractivity contribution in [2.75, 3.05) is 32.0 Å². The summed E-state index contributed by atoms with van der Waals surface area (Å²) in [7, 11) is 1.69. The van der Waals surface area contributed by atoms with E-state index < -0.39 is 0 Å². The van der Waals surface area contributed by atoms with Gasteiger partial charge in [0.15, 0.2) is 11.7 Å². The maximum absolute atomic E-state index is 12.1. The number of aliphatic imine (C=N–C) groups is 1. The van der Waals surface area contributed by atoms with Crippen LogP contribution in [0.25, 0.3) is 0 Å². The average Bonchev–Trinajstić information content (AvgIpc) is 3.33. The zero-order valence-corrected chi connectivity index (χ0v) is 20.9. The normalized spacial score (nSPS) is 14.4. The van der Waals surface area contributed by atoms with E-state index in [-0.39, 0.29) is 41.6 Å². The Morgan fingerprint density at radius 3 is 2.47 bits per heavy atom. The van der Waals surface area contributed by atoms with Crippen LogP contribution in [-0.2, 0) is 11.3 Å². The van der Waals surface area contributed by atoms with Crippen LogP contribution in [0.1, 0.15) is 42.3 Å². The van der Waals surface area contributed by atoms with E-state index in [1.807, 2.05) is 24.3 Å². The predicted molar refractivity (Wildman–Crippen MR) is 136 cm³/mol. The molecule has 8 nitrogen and oxygen atoms in total. The van der Waals surface area contributed by atoms with Gasteiger partial charge in [0, 0.05) is 38.8 Å². The average molecular weight is 553 g/mol. The molecule has 2 amide bonds. The number of hydrogen-bond acceptors (Lipinski definition) is 4. The summed E-state index contributed by atoms with van der Waals surface area (Å²) in [4.78, 5) is 30.7. The van der Waals surface area contributed by atoms with Gasteiger partial charge < -0.3 is 25.3 Å². The second-order valence-electron chi connectivity index (χ2n) is 7.61. The molecule has 0 radical (unpaired) electrons. The SMILES string of the molecule is CCNC(=NCc1ccc(NC(=O)c2ccco2)cc1)N1CCC(CC(=O)NC)CC1.I. The van der Waals surface area contributed by atoms with E-state index in [9.17, 15) is 9.59 Å². The first-order chi connectivity index (χ1) is 15.1. The van der Waals surface area contributed by atoms with E-state index in [1.54, 1.807) is 19.2 Å². The summed E-state index contributed by atoms with van der Waals surface area (Å²) in [5.74, 6) is 1.45. The van der Waals surface area contributed by atoms with Crippen molar-refractivity contribution in [2.45, 2.75) is 32.7 Å². The molecule has 0 spiro atoms. The topological polar surface area (TPSA) is 99.0 Å². The largest absolute Gasteiger partial charge is 0.459 e. The van der Waals surface area contributed by atoms with Crippen molar-refractivity contribution < 1.29 is 14.0 Å². The molecular weight excluding hydrogens is 521 g/mol. The summed E-state index contributed by atoms with van der Waals surface area (Å²) in [5.41, 5.74) is 1.76. The highest BCUT2D eigenvalue weighted by atomic mass is 127. The molecule has 0 aliphatic carbocycles. The molecule has 1 aliphatic rings. The van der Waals surface area contributed by atoms with Crippen LogP contribution in [0.15, 0.2) is 52.1 Å². The Bertz CT molecular complexity index is 876. The molecule has 1 aromatic heterocycles. The lowest BCUT2D eigenvalue weighted by Crippen LogP contribution is -2.46. The third kappa shape index (κ3) is 7.54. The molecule has 2 aromatic rings. The molecule has 32 heavy (non-hydrogen) atoms. The van der Waals surface area contributed by atoms with Crippen LogP contribution >= 0.6 is 24.0 Å². The number of benzene rings is 1. The highest BCUT2D eigenvalue weighted by molar-refractivity contribution is 14.0. The molecule has 0 saturated carbocycles. The second-order valence-corrected chi connectivity index (χ2v) is 7.61. The number of piperidine rings is 1. The first-order valence-electron chi connectivity index (χ1n) is 10.8. The van der Waals surface area contributed by atoms with Gasteiger partial charge in [-0.15, -0.1) is 24.0 Å². The van der Waals surface area contributed by atoms with Crippen LogP contribution in [-0.4, -0.2) is 49.4 Å². The van der Waals surface area contributed by atoms with Gasteiger partial charge in [-0.3, -0.25) is 9.59 Å². The van der Waals surface area contributed by atoms with Crippen LogP contribution < -0.4 is 16.0 Å². The van der Waals surface area contributed by atoms with Crippen molar-refractivity contribution in [3.05, 3.63) is 54.0 Å². The smallest absolute Gasteiger partial charge is 0.291 e. The van der Waals surface area contributed by atoms with Crippen molar-refractivity contribution in [2.24, 2.45) is 10.9 Å². The fourth-order valence-electron chi connectivity index (χ4n) is 3.60. The zero-order valence-electron chi connectivity index (χ0n) is 18.6. The van der Waals surface area contributed by atoms with Crippen molar-refractivity contribution in [3.63, 3.8) is 0 Å². The predicted octanol–water partition coefficient (Wildman–Crippen LogP) is 3.46. The molecule has 1 saturated heterocycles. The molecule has 3 rings (SSSR count). The Morgan fingerprint density at radius 1 is 1.16 bits per heavy atom. The van der Waals surface area contributed by atoms with Crippen LogP contribution in [0, 0.1) is 5.92 Å². The maximum Gasteiger partial charge on any atom is 0.291 e. The molecule has 1 aliphatic heterocycles. The Balaban J connectivity index is 0.00000363. The molecule has 3 N–H and O–H groups in total.